The molecule has 0 unspecified atom stereocenters. The van der Waals surface area contributed by atoms with E-state index in [1.54, 1.807) is 12.1 Å². The summed E-state index contributed by atoms with van der Waals surface area (Å²) in [5, 5.41) is 8.14. The maximum absolute atomic E-state index is 12.3. The number of anilines is 1. The van der Waals surface area contributed by atoms with Crippen LogP contribution in [0.25, 0.3) is 0 Å². The van der Waals surface area contributed by atoms with Crippen molar-refractivity contribution in [2.45, 2.75) is 32.7 Å². The first-order chi connectivity index (χ1) is 14.4. The summed E-state index contributed by atoms with van der Waals surface area (Å²) in [4.78, 5) is 38.6. The van der Waals surface area contributed by atoms with Gasteiger partial charge in [0.05, 0.1) is 6.54 Å². The van der Waals surface area contributed by atoms with E-state index in [9.17, 15) is 14.4 Å². The van der Waals surface area contributed by atoms with Crippen molar-refractivity contribution in [2.24, 2.45) is 0 Å². The van der Waals surface area contributed by atoms with E-state index < -0.39 is 6.03 Å². The standard InChI is InChI=1S/C23H28N4O3/c1-16-8-9-20(17(2)14-16)25-23(30)26-21(28)15-27-12-10-19(11-13-27)24-22(29)18-6-4-3-5-7-18/h3-9,14,19H,10-13,15H2,1-2H3,(H,24,29)(H2,25,26,28,30). The molecule has 0 aliphatic carbocycles. The van der Waals surface area contributed by atoms with Gasteiger partial charge in [0.15, 0.2) is 0 Å². The Kier molecular flexibility index (Phi) is 7.19. The van der Waals surface area contributed by atoms with E-state index in [0.29, 0.717) is 24.3 Å². The molecule has 1 aliphatic heterocycles. The van der Waals surface area contributed by atoms with Crippen molar-refractivity contribution in [3.63, 3.8) is 0 Å². The highest BCUT2D eigenvalue weighted by Gasteiger charge is 2.23. The third-order valence-corrected chi connectivity index (χ3v) is 5.21. The van der Waals surface area contributed by atoms with Gasteiger partial charge in [0, 0.05) is 30.4 Å². The first kappa shape index (κ1) is 21.5. The lowest BCUT2D eigenvalue weighted by atomic mass is 10.0. The number of nitrogens with zero attached hydrogens (tertiary/aromatic N) is 1. The van der Waals surface area contributed by atoms with Gasteiger partial charge in [-0.2, -0.15) is 0 Å². The Morgan fingerprint density at radius 1 is 1.00 bits per heavy atom. The Bertz CT molecular complexity index is 906. The Labute approximate surface area is 176 Å². The molecule has 3 rings (SSSR count). The van der Waals surface area contributed by atoms with E-state index >= 15 is 0 Å². The van der Waals surface area contributed by atoms with Crippen LogP contribution >= 0.6 is 0 Å². The molecule has 0 aromatic heterocycles. The number of hydrogen-bond donors (Lipinski definition) is 3. The molecule has 7 heteroatoms. The molecule has 2 aromatic rings. The summed E-state index contributed by atoms with van der Waals surface area (Å²) in [7, 11) is 0. The van der Waals surface area contributed by atoms with Gasteiger partial charge in [-0.05, 0) is 50.5 Å². The fourth-order valence-corrected chi connectivity index (χ4v) is 3.57. The van der Waals surface area contributed by atoms with E-state index in [4.69, 9.17) is 0 Å². The molecular formula is C23H28N4O3. The smallest absolute Gasteiger partial charge is 0.325 e. The summed E-state index contributed by atoms with van der Waals surface area (Å²) in [6, 6.07) is 14.4. The second-order valence-corrected chi connectivity index (χ2v) is 7.71. The van der Waals surface area contributed by atoms with Crippen LogP contribution in [0.4, 0.5) is 10.5 Å². The Morgan fingerprint density at radius 2 is 1.70 bits per heavy atom. The maximum atomic E-state index is 12.3. The average Bonchev–Trinajstić information content (AvgIpc) is 2.72. The number of piperidine rings is 1. The van der Waals surface area contributed by atoms with E-state index in [2.05, 4.69) is 16.0 Å². The number of carbonyl (C=O) groups is 3. The number of carbonyl (C=O) groups excluding carboxylic acids is 3. The number of imide groups is 1. The quantitative estimate of drug-likeness (QED) is 0.710. The molecule has 1 fully saturated rings. The fourth-order valence-electron chi connectivity index (χ4n) is 3.57. The Hall–Kier alpha value is -3.19. The van der Waals surface area contributed by atoms with Crippen molar-refractivity contribution in [1.29, 1.82) is 0 Å². The Morgan fingerprint density at radius 3 is 2.37 bits per heavy atom. The van der Waals surface area contributed by atoms with Crippen LogP contribution in [0.5, 0.6) is 0 Å². The summed E-state index contributed by atoms with van der Waals surface area (Å²) >= 11 is 0. The van der Waals surface area contributed by atoms with Crippen LogP contribution < -0.4 is 16.0 Å². The second-order valence-electron chi connectivity index (χ2n) is 7.71. The summed E-state index contributed by atoms with van der Waals surface area (Å²) in [5.41, 5.74) is 3.38. The van der Waals surface area contributed by atoms with Crippen molar-refractivity contribution < 1.29 is 14.4 Å². The van der Waals surface area contributed by atoms with Crippen LogP contribution in [-0.4, -0.2) is 48.4 Å². The minimum Gasteiger partial charge on any atom is -0.349 e. The molecule has 0 bridgehead atoms. The van der Waals surface area contributed by atoms with Gasteiger partial charge in [-0.1, -0.05) is 35.9 Å². The van der Waals surface area contributed by atoms with Crippen LogP contribution in [0.3, 0.4) is 0 Å². The third-order valence-electron chi connectivity index (χ3n) is 5.21. The SMILES string of the molecule is Cc1ccc(NC(=O)NC(=O)CN2CCC(NC(=O)c3ccccc3)CC2)c(C)c1. The molecular weight excluding hydrogens is 380 g/mol. The predicted octanol–water partition coefficient (Wildman–Crippen LogP) is 2.85. The lowest BCUT2D eigenvalue weighted by molar-refractivity contribution is -0.121. The molecule has 158 valence electrons. The molecule has 1 aliphatic rings. The van der Waals surface area contributed by atoms with Crippen molar-refractivity contribution in [3.05, 3.63) is 65.2 Å². The van der Waals surface area contributed by atoms with Gasteiger partial charge in [-0.3, -0.25) is 19.8 Å². The first-order valence-electron chi connectivity index (χ1n) is 10.2. The van der Waals surface area contributed by atoms with Gasteiger partial charge in [0.1, 0.15) is 0 Å². The van der Waals surface area contributed by atoms with Crippen molar-refractivity contribution >= 4 is 23.5 Å². The molecule has 0 saturated carbocycles. The lowest BCUT2D eigenvalue weighted by Gasteiger charge is -2.31. The zero-order valence-electron chi connectivity index (χ0n) is 17.4. The number of benzene rings is 2. The van der Waals surface area contributed by atoms with Crippen LogP contribution in [0.2, 0.25) is 0 Å². The first-order valence-corrected chi connectivity index (χ1v) is 10.2. The number of amides is 4. The molecule has 0 spiro atoms. The number of aryl methyl sites for hydroxylation is 2. The second kappa shape index (κ2) is 10.0. The molecule has 1 heterocycles. The summed E-state index contributed by atoms with van der Waals surface area (Å²) in [5.74, 6) is -0.418. The number of hydrogen-bond acceptors (Lipinski definition) is 4. The molecule has 0 radical (unpaired) electrons. The molecule has 0 atom stereocenters. The highest BCUT2D eigenvalue weighted by atomic mass is 16.2. The van der Waals surface area contributed by atoms with Crippen LogP contribution in [0.15, 0.2) is 48.5 Å². The van der Waals surface area contributed by atoms with E-state index in [-0.39, 0.29) is 24.4 Å². The Balaban J connectivity index is 1.39. The van der Waals surface area contributed by atoms with Gasteiger partial charge >= 0.3 is 6.03 Å². The van der Waals surface area contributed by atoms with Crippen molar-refractivity contribution in [3.8, 4) is 0 Å². The molecule has 30 heavy (non-hydrogen) atoms. The van der Waals surface area contributed by atoms with Gasteiger partial charge in [-0.25, -0.2) is 4.79 Å². The summed E-state index contributed by atoms with van der Waals surface area (Å²) in [6.07, 6.45) is 1.53. The zero-order chi connectivity index (χ0) is 21.5. The normalized spacial score (nSPS) is 14.7. The zero-order valence-corrected chi connectivity index (χ0v) is 17.4. The molecule has 2 aromatic carbocycles. The highest BCUT2D eigenvalue weighted by Crippen LogP contribution is 2.16. The van der Waals surface area contributed by atoms with Gasteiger partial charge in [-0.15, -0.1) is 0 Å². The summed E-state index contributed by atoms with van der Waals surface area (Å²) in [6.45, 7) is 5.42. The molecule has 3 N–H and O–H groups in total. The molecule has 7 nitrogen and oxygen atoms in total. The third kappa shape index (κ3) is 6.15. The van der Waals surface area contributed by atoms with Crippen molar-refractivity contribution in [2.75, 3.05) is 25.0 Å². The number of likely N-dealkylation sites (tertiary alicyclic amines) is 1. The minimum atomic E-state index is -0.531. The van der Waals surface area contributed by atoms with Gasteiger partial charge < -0.3 is 10.6 Å². The summed E-state index contributed by atoms with van der Waals surface area (Å²) < 4.78 is 0. The number of rotatable bonds is 5. The monoisotopic (exact) mass is 408 g/mol. The highest BCUT2D eigenvalue weighted by molar-refractivity contribution is 6.02. The number of nitrogens with one attached hydrogen (secondary N) is 3. The molecule has 1 saturated heterocycles. The minimum absolute atomic E-state index is 0.0742. The average molecular weight is 409 g/mol. The van der Waals surface area contributed by atoms with Crippen LogP contribution in [-0.2, 0) is 4.79 Å². The van der Waals surface area contributed by atoms with E-state index in [1.165, 1.54) is 0 Å². The lowest BCUT2D eigenvalue weighted by Crippen LogP contribution is -2.48. The molecule has 4 amide bonds. The predicted molar refractivity (Wildman–Crippen MR) is 116 cm³/mol. The fraction of sp³-hybridized carbons (Fsp3) is 0.348. The largest absolute Gasteiger partial charge is 0.349 e. The maximum Gasteiger partial charge on any atom is 0.325 e. The van der Waals surface area contributed by atoms with Crippen LogP contribution in [0, 0.1) is 13.8 Å². The topological polar surface area (TPSA) is 90.5 Å². The van der Waals surface area contributed by atoms with E-state index in [1.807, 2.05) is 55.1 Å². The van der Waals surface area contributed by atoms with Gasteiger partial charge in [0.2, 0.25) is 5.91 Å². The van der Waals surface area contributed by atoms with E-state index in [0.717, 1.165) is 24.0 Å². The van der Waals surface area contributed by atoms with Crippen molar-refractivity contribution in [1.82, 2.24) is 15.5 Å². The number of urea groups is 1. The van der Waals surface area contributed by atoms with Crippen LogP contribution in [0.1, 0.15) is 34.3 Å². The van der Waals surface area contributed by atoms with Gasteiger partial charge in [0.25, 0.3) is 5.91 Å².